The number of rotatable bonds is 9. The van der Waals surface area contributed by atoms with Crippen LogP contribution in [0.2, 0.25) is 0 Å². The first-order valence-corrected chi connectivity index (χ1v) is 13.6. The van der Waals surface area contributed by atoms with E-state index in [1.165, 1.54) is 24.9 Å². The molecule has 1 aliphatic heterocycles. The fourth-order valence-corrected chi connectivity index (χ4v) is 5.97. The zero-order valence-corrected chi connectivity index (χ0v) is 23.2. The predicted molar refractivity (Wildman–Crippen MR) is 143 cm³/mol. The maximum atomic E-state index is 13.8. The van der Waals surface area contributed by atoms with Gasteiger partial charge in [-0.3, -0.25) is 4.79 Å². The maximum absolute atomic E-state index is 13.8. The van der Waals surface area contributed by atoms with Gasteiger partial charge in [-0.15, -0.1) is 16.9 Å². The fourth-order valence-electron chi connectivity index (χ4n) is 4.55. The van der Waals surface area contributed by atoms with Gasteiger partial charge in [0.05, 0.1) is 18.4 Å². The molecule has 6 atom stereocenters. The monoisotopic (exact) mass is 596 g/mol. The third kappa shape index (κ3) is 6.74. The second-order valence-electron chi connectivity index (χ2n) is 10.4. The summed E-state index contributed by atoms with van der Waals surface area (Å²) < 4.78 is 47.8. The third-order valence-corrected chi connectivity index (χ3v) is 8.43. The number of carbonyl (C=O) groups is 1. The Kier molecular flexibility index (Phi) is 9.41. The molecule has 1 amide bonds. The van der Waals surface area contributed by atoms with Crippen LogP contribution in [0.3, 0.4) is 0 Å². The molecule has 3 aromatic rings. The van der Waals surface area contributed by atoms with Crippen molar-refractivity contribution in [2.45, 2.75) is 61.0 Å². The average Bonchev–Trinajstić information content (AvgIpc) is 3.40. The van der Waals surface area contributed by atoms with Crippen LogP contribution in [0.5, 0.6) is 0 Å². The fraction of sp³-hybridized carbons (Fsp3) is 0.444. The van der Waals surface area contributed by atoms with Crippen molar-refractivity contribution in [2.24, 2.45) is 0 Å². The first-order valence-electron chi connectivity index (χ1n) is 12.7. The van der Waals surface area contributed by atoms with Crippen molar-refractivity contribution in [3.8, 4) is 11.3 Å². The van der Waals surface area contributed by atoms with Crippen LogP contribution in [0.15, 0.2) is 48.7 Å². The van der Waals surface area contributed by atoms with Gasteiger partial charge in [-0.1, -0.05) is 35.5 Å². The number of halogens is 3. The van der Waals surface area contributed by atoms with E-state index in [0.717, 1.165) is 34.1 Å². The summed E-state index contributed by atoms with van der Waals surface area (Å²) in [5.41, 5.74) is -2.16. The number of benzene rings is 2. The largest absolute Gasteiger partial charge is 0.394 e. The van der Waals surface area contributed by atoms with Gasteiger partial charge in [0, 0.05) is 19.2 Å². The lowest BCUT2D eigenvalue weighted by atomic mass is 9.97. The predicted octanol–water partition coefficient (Wildman–Crippen LogP) is 1.87. The molecule has 14 heteroatoms. The van der Waals surface area contributed by atoms with Gasteiger partial charge in [-0.05, 0) is 31.5 Å². The van der Waals surface area contributed by atoms with Gasteiger partial charge in [-0.2, -0.15) is 0 Å². The van der Waals surface area contributed by atoms with E-state index in [2.05, 4.69) is 10.3 Å². The molecule has 1 saturated heterocycles. The summed E-state index contributed by atoms with van der Waals surface area (Å²) >= 11 is 0.818. The lowest BCUT2D eigenvalue weighted by Crippen LogP contribution is -2.57. The Bertz CT molecular complexity index is 1340. The minimum absolute atomic E-state index is 0.0782. The summed E-state index contributed by atoms with van der Waals surface area (Å²) in [6.07, 6.45) is -3.10. The van der Waals surface area contributed by atoms with Crippen molar-refractivity contribution in [1.29, 1.82) is 0 Å². The Labute approximate surface area is 238 Å². The molecule has 1 fully saturated rings. The Morgan fingerprint density at radius 2 is 1.78 bits per heavy atom. The molecule has 0 bridgehead atoms. The first-order chi connectivity index (χ1) is 19.3. The summed E-state index contributed by atoms with van der Waals surface area (Å²) in [5.74, 6) is -4.96. The number of aliphatic hydroxyl groups is 4. The summed E-state index contributed by atoms with van der Waals surface area (Å²) in [7, 11) is 1.58. The second-order valence-corrected chi connectivity index (χ2v) is 11.6. The minimum Gasteiger partial charge on any atom is -0.394 e. The van der Waals surface area contributed by atoms with Gasteiger partial charge in [0.15, 0.2) is 17.5 Å². The molecule has 2 aromatic carbocycles. The average molecular weight is 597 g/mol. The molecule has 41 heavy (non-hydrogen) atoms. The van der Waals surface area contributed by atoms with E-state index in [4.69, 9.17) is 4.74 Å². The van der Waals surface area contributed by atoms with Crippen LogP contribution in [-0.2, 0) is 16.1 Å². The van der Waals surface area contributed by atoms with E-state index < -0.39 is 70.6 Å². The Morgan fingerprint density at radius 3 is 2.37 bits per heavy atom. The molecule has 4 N–H and O–H groups in total. The van der Waals surface area contributed by atoms with Crippen LogP contribution in [0.4, 0.5) is 13.2 Å². The van der Waals surface area contributed by atoms with Gasteiger partial charge in [-0.25, -0.2) is 17.9 Å². The van der Waals surface area contributed by atoms with Crippen molar-refractivity contribution < 1.29 is 43.1 Å². The number of thioether (sulfide) groups is 1. The van der Waals surface area contributed by atoms with Gasteiger partial charge < -0.3 is 30.1 Å². The number of hydrogen-bond acceptors (Lipinski definition) is 9. The third-order valence-electron chi connectivity index (χ3n) is 6.72. The van der Waals surface area contributed by atoms with Crippen molar-refractivity contribution in [3.63, 3.8) is 0 Å². The number of carbonyl (C=O) groups excluding carboxylic acids is 1. The molecule has 222 valence electrons. The normalized spacial score (nSPS) is 23.8. The summed E-state index contributed by atoms with van der Waals surface area (Å²) in [4.78, 5) is 14.9. The molecule has 2 heterocycles. The number of ether oxygens (including phenoxy) is 1. The van der Waals surface area contributed by atoms with Crippen molar-refractivity contribution in [2.75, 3.05) is 13.7 Å². The Morgan fingerprint density at radius 1 is 1.15 bits per heavy atom. The van der Waals surface area contributed by atoms with Crippen LogP contribution < -0.4 is 0 Å². The van der Waals surface area contributed by atoms with E-state index in [1.807, 2.05) is 30.3 Å². The van der Waals surface area contributed by atoms with E-state index in [-0.39, 0.29) is 17.8 Å². The molecule has 0 spiro atoms. The molecule has 0 radical (unpaired) electrons. The van der Waals surface area contributed by atoms with Gasteiger partial charge in [0.1, 0.15) is 40.7 Å². The topological polar surface area (TPSA) is 141 Å². The number of nitrogens with zero attached hydrogens (tertiary/aromatic N) is 4. The highest BCUT2D eigenvalue weighted by Crippen LogP contribution is 2.39. The Balaban J connectivity index is 1.60. The lowest BCUT2D eigenvalue weighted by molar-refractivity contribution is -0.179. The SMILES string of the molecule is CN(Cc1ccccc1)C(=O)[C@@H](S[C@@H]1O[C@H](CO)[C@H](O)[C@H](n2cc(-c3cc(F)c(F)c(F)c3)nn2)[C@H]1O)C(C)(C)O. The van der Waals surface area contributed by atoms with Crippen LogP contribution in [0, 0.1) is 17.5 Å². The molecule has 4 rings (SSSR count). The van der Waals surface area contributed by atoms with E-state index in [1.54, 1.807) is 7.05 Å². The van der Waals surface area contributed by atoms with Gasteiger partial charge in [0.25, 0.3) is 0 Å². The first kappa shape index (κ1) is 30.9. The minimum atomic E-state index is -1.65. The van der Waals surface area contributed by atoms with Crippen molar-refractivity contribution in [1.82, 2.24) is 19.9 Å². The second kappa shape index (κ2) is 12.5. The quantitative estimate of drug-likeness (QED) is 0.273. The number of amides is 1. The zero-order chi connectivity index (χ0) is 30.1. The molecular weight excluding hydrogens is 565 g/mol. The van der Waals surface area contributed by atoms with Crippen LogP contribution in [0.25, 0.3) is 11.3 Å². The highest BCUT2D eigenvalue weighted by molar-refractivity contribution is 8.01. The number of aromatic nitrogens is 3. The highest BCUT2D eigenvalue weighted by Gasteiger charge is 2.49. The lowest BCUT2D eigenvalue weighted by Gasteiger charge is -2.43. The van der Waals surface area contributed by atoms with Crippen molar-refractivity contribution >= 4 is 17.7 Å². The Hall–Kier alpha value is -3.01. The van der Waals surface area contributed by atoms with E-state index >= 15 is 0 Å². The molecule has 10 nitrogen and oxygen atoms in total. The maximum Gasteiger partial charge on any atom is 0.238 e. The zero-order valence-electron chi connectivity index (χ0n) is 22.4. The molecule has 0 unspecified atom stereocenters. The van der Waals surface area contributed by atoms with E-state index in [0.29, 0.717) is 0 Å². The molecule has 0 saturated carbocycles. The van der Waals surface area contributed by atoms with Crippen LogP contribution >= 0.6 is 11.8 Å². The standard InChI is InChI=1S/C27H31F3N4O6S/c1-27(2,39)24(25(38)33(3)11-14-7-5-4-6-8-14)41-26-23(37)21(22(36)19(13-35)40-26)34-12-18(31-32-34)15-9-16(28)20(30)17(29)10-15/h4-10,12,19,21-24,26,35-37,39H,11,13H2,1-3H3/t19-,21+,22+,23-,24-,26+/m1/s1. The van der Waals surface area contributed by atoms with Crippen LogP contribution in [0.1, 0.15) is 25.5 Å². The molecule has 1 aromatic heterocycles. The van der Waals surface area contributed by atoms with Crippen molar-refractivity contribution in [3.05, 3.63) is 71.7 Å². The summed E-state index contributed by atoms with van der Waals surface area (Å²) in [6.45, 7) is 2.48. The highest BCUT2D eigenvalue weighted by atomic mass is 32.2. The number of hydrogen-bond donors (Lipinski definition) is 4. The number of aliphatic hydroxyl groups excluding tert-OH is 3. The van der Waals surface area contributed by atoms with E-state index in [9.17, 15) is 38.4 Å². The molecule has 1 aliphatic rings. The van der Waals surface area contributed by atoms with Gasteiger partial charge in [0.2, 0.25) is 5.91 Å². The summed E-state index contributed by atoms with van der Waals surface area (Å²) in [6, 6.07) is 9.39. The smallest absolute Gasteiger partial charge is 0.238 e. The van der Waals surface area contributed by atoms with Gasteiger partial charge >= 0.3 is 0 Å². The molecular formula is C27H31F3N4O6S. The molecule has 0 aliphatic carbocycles. The van der Waals surface area contributed by atoms with Crippen LogP contribution in [-0.4, -0.2) is 94.5 Å². The summed E-state index contributed by atoms with van der Waals surface area (Å²) in [5, 5.41) is 49.6.